The highest BCUT2D eigenvalue weighted by Gasteiger charge is 2.31. The van der Waals surface area contributed by atoms with Crippen molar-refractivity contribution in [3.05, 3.63) is 28.8 Å². The zero-order valence-corrected chi connectivity index (χ0v) is 19.4. The van der Waals surface area contributed by atoms with Gasteiger partial charge >= 0.3 is 5.97 Å². The lowest BCUT2D eigenvalue weighted by molar-refractivity contribution is 0.0689. The Morgan fingerprint density at radius 3 is 2.19 bits per heavy atom. The number of hydrogen-bond donors (Lipinski definition) is 1. The predicted molar refractivity (Wildman–Crippen MR) is 121 cm³/mol. The maximum Gasteiger partial charge on any atom is 0.338 e. The van der Waals surface area contributed by atoms with Gasteiger partial charge in [-0.25, -0.2) is 13.6 Å². The molecule has 31 heavy (non-hydrogen) atoms. The van der Waals surface area contributed by atoms with Gasteiger partial charge in [0, 0.05) is 5.56 Å². The number of carbonyl (C=O) groups is 1. The van der Waals surface area contributed by atoms with Crippen molar-refractivity contribution in [1.29, 1.82) is 0 Å². The minimum atomic E-state index is -1.47. The van der Waals surface area contributed by atoms with Gasteiger partial charge in [-0.2, -0.15) is 0 Å². The lowest BCUT2D eigenvalue weighted by Gasteiger charge is -2.30. The van der Waals surface area contributed by atoms with Crippen LogP contribution in [0.1, 0.15) is 126 Å². The van der Waals surface area contributed by atoms with E-state index < -0.39 is 23.2 Å². The Hall–Kier alpha value is -1.65. The number of rotatable bonds is 14. The second-order valence-electron chi connectivity index (χ2n) is 9.10. The molecule has 1 aromatic carbocycles. The first-order valence-electron chi connectivity index (χ1n) is 12.4. The van der Waals surface area contributed by atoms with Crippen LogP contribution in [0.3, 0.4) is 0 Å². The SMILES string of the molecule is CCCCCCCCOc1cc(C(=O)O)c(F)c(F)c1C1CCC(CCCCC)CC1. The number of halogens is 2. The molecule has 0 aromatic heterocycles. The van der Waals surface area contributed by atoms with Gasteiger partial charge in [-0.05, 0) is 50.0 Å². The van der Waals surface area contributed by atoms with Crippen LogP contribution in [0.5, 0.6) is 5.75 Å². The van der Waals surface area contributed by atoms with Crippen LogP contribution in [-0.2, 0) is 0 Å². The van der Waals surface area contributed by atoms with Gasteiger partial charge in [-0.1, -0.05) is 71.6 Å². The summed E-state index contributed by atoms with van der Waals surface area (Å²) in [5.41, 5.74) is -0.395. The van der Waals surface area contributed by atoms with Crippen LogP contribution >= 0.6 is 0 Å². The van der Waals surface area contributed by atoms with Gasteiger partial charge in [0.25, 0.3) is 0 Å². The summed E-state index contributed by atoms with van der Waals surface area (Å²) in [6.45, 7) is 4.77. The third-order valence-corrected chi connectivity index (χ3v) is 6.66. The fourth-order valence-corrected chi connectivity index (χ4v) is 4.76. The number of aromatic carboxylic acids is 1. The summed E-state index contributed by atoms with van der Waals surface area (Å²) in [5.74, 6) is -3.00. The number of carboxylic acid groups (broad SMARTS) is 1. The Bertz CT molecular complexity index is 682. The Morgan fingerprint density at radius 2 is 1.55 bits per heavy atom. The summed E-state index contributed by atoms with van der Waals surface area (Å²) >= 11 is 0. The van der Waals surface area contributed by atoms with E-state index in [0.29, 0.717) is 12.5 Å². The zero-order chi connectivity index (χ0) is 22.6. The van der Waals surface area contributed by atoms with E-state index in [0.717, 1.165) is 44.9 Å². The summed E-state index contributed by atoms with van der Waals surface area (Å²) in [6, 6.07) is 1.19. The molecule has 0 radical (unpaired) electrons. The average molecular weight is 439 g/mol. The van der Waals surface area contributed by atoms with E-state index >= 15 is 4.39 Å². The summed E-state index contributed by atoms with van der Waals surface area (Å²) in [5, 5.41) is 9.28. The van der Waals surface area contributed by atoms with Crippen LogP contribution in [0.25, 0.3) is 0 Å². The van der Waals surface area contributed by atoms with E-state index in [9.17, 15) is 14.3 Å². The van der Waals surface area contributed by atoms with Gasteiger partial charge in [-0.15, -0.1) is 0 Å². The van der Waals surface area contributed by atoms with Gasteiger partial charge in [0.1, 0.15) is 11.3 Å². The topological polar surface area (TPSA) is 46.5 Å². The number of benzene rings is 1. The third kappa shape index (κ3) is 7.76. The maximum absolute atomic E-state index is 15.0. The summed E-state index contributed by atoms with van der Waals surface area (Å²) in [7, 11) is 0. The van der Waals surface area contributed by atoms with Gasteiger partial charge in [0.2, 0.25) is 0 Å². The Kier molecular flexibility index (Phi) is 11.3. The molecule has 0 atom stereocenters. The molecule has 1 fully saturated rings. The number of unbranched alkanes of at least 4 members (excludes halogenated alkanes) is 7. The lowest BCUT2D eigenvalue weighted by atomic mass is 9.76. The molecule has 3 nitrogen and oxygen atoms in total. The quantitative estimate of drug-likeness (QED) is 0.297. The normalized spacial score (nSPS) is 18.8. The van der Waals surface area contributed by atoms with E-state index in [-0.39, 0.29) is 17.2 Å². The number of carboxylic acids is 1. The van der Waals surface area contributed by atoms with Gasteiger partial charge in [0.05, 0.1) is 6.61 Å². The Morgan fingerprint density at radius 1 is 0.935 bits per heavy atom. The summed E-state index contributed by atoms with van der Waals surface area (Å²) in [4.78, 5) is 11.4. The fraction of sp³-hybridized carbons (Fsp3) is 0.731. The first kappa shape index (κ1) is 25.6. The van der Waals surface area contributed by atoms with Crippen molar-refractivity contribution in [3.8, 4) is 5.75 Å². The van der Waals surface area contributed by atoms with Crippen molar-refractivity contribution in [2.24, 2.45) is 5.92 Å². The molecule has 1 aliphatic carbocycles. The maximum atomic E-state index is 15.0. The molecule has 5 heteroatoms. The van der Waals surface area contributed by atoms with Gasteiger partial charge in [0.15, 0.2) is 11.6 Å². The first-order chi connectivity index (χ1) is 15.0. The molecule has 1 aromatic rings. The van der Waals surface area contributed by atoms with Crippen LogP contribution in [0.2, 0.25) is 0 Å². The highest BCUT2D eigenvalue weighted by Crippen LogP contribution is 2.43. The molecule has 2 rings (SSSR count). The molecule has 0 aliphatic heterocycles. The van der Waals surface area contributed by atoms with Crippen LogP contribution < -0.4 is 4.74 Å². The molecule has 0 heterocycles. The minimum Gasteiger partial charge on any atom is -0.493 e. The van der Waals surface area contributed by atoms with Crippen molar-refractivity contribution in [3.63, 3.8) is 0 Å². The van der Waals surface area contributed by atoms with Gasteiger partial charge < -0.3 is 9.84 Å². The minimum absolute atomic E-state index is 0.112. The first-order valence-corrected chi connectivity index (χ1v) is 12.4. The van der Waals surface area contributed by atoms with Crippen LogP contribution in [0.4, 0.5) is 8.78 Å². The molecular weight excluding hydrogens is 398 g/mol. The molecule has 0 spiro atoms. The fourth-order valence-electron chi connectivity index (χ4n) is 4.76. The highest BCUT2D eigenvalue weighted by molar-refractivity contribution is 5.88. The van der Waals surface area contributed by atoms with Crippen molar-refractivity contribution in [2.45, 2.75) is 110 Å². The molecule has 0 amide bonds. The van der Waals surface area contributed by atoms with E-state index in [2.05, 4.69) is 13.8 Å². The monoisotopic (exact) mass is 438 g/mol. The van der Waals surface area contributed by atoms with Crippen molar-refractivity contribution < 1.29 is 23.4 Å². The van der Waals surface area contributed by atoms with Crippen molar-refractivity contribution >= 4 is 5.97 Å². The largest absolute Gasteiger partial charge is 0.493 e. The molecule has 176 valence electrons. The van der Waals surface area contributed by atoms with Crippen molar-refractivity contribution in [1.82, 2.24) is 0 Å². The third-order valence-electron chi connectivity index (χ3n) is 6.66. The van der Waals surface area contributed by atoms with Gasteiger partial charge in [-0.3, -0.25) is 0 Å². The Labute approximate surface area is 186 Å². The molecule has 1 aliphatic rings. The lowest BCUT2D eigenvalue weighted by Crippen LogP contribution is -2.17. The molecule has 0 unspecified atom stereocenters. The average Bonchev–Trinajstić information content (AvgIpc) is 2.76. The van der Waals surface area contributed by atoms with Crippen LogP contribution in [0, 0.1) is 17.6 Å². The molecule has 1 N–H and O–H groups in total. The summed E-state index contributed by atoms with van der Waals surface area (Å²) in [6.07, 6.45) is 15.1. The van der Waals surface area contributed by atoms with Crippen molar-refractivity contribution in [2.75, 3.05) is 6.61 Å². The molecule has 1 saturated carbocycles. The molecular formula is C26H40F2O3. The highest BCUT2D eigenvalue weighted by atomic mass is 19.2. The smallest absolute Gasteiger partial charge is 0.338 e. The predicted octanol–water partition coefficient (Wildman–Crippen LogP) is 8.26. The van der Waals surface area contributed by atoms with Crippen LogP contribution in [0.15, 0.2) is 6.07 Å². The zero-order valence-electron chi connectivity index (χ0n) is 19.4. The van der Waals surface area contributed by atoms with E-state index in [1.165, 1.54) is 51.0 Å². The summed E-state index contributed by atoms with van der Waals surface area (Å²) < 4.78 is 35.3. The Balaban J connectivity index is 2.06. The van der Waals surface area contributed by atoms with E-state index in [1.807, 2.05) is 0 Å². The molecule has 0 saturated heterocycles. The van der Waals surface area contributed by atoms with Crippen LogP contribution in [-0.4, -0.2) is 17.7 Å². The number of hydrogen-bond acceptors (Lipinski definition) is 2. The second kappa shape index (κ2) is 13.7. The second-order valence-corrected chi connectivity index (χ2v) is 9.10. The standard InChI is InChI=1S/C26H40F2O3/c1-3-5-7-8-9-11-17-31-22-18-21(26(29)30)24(27)25(28)23(22)20-15-13-19(14-16-20)12-10-6-4-2/h18-20H,3-17H2,1-2H3,(H,29,30). The van der Waals surface area contributed by atoms with E-state index in [1.54, 1.807) is 0 Å². The number of ether oxygens (including phenoxy) is 1. The molecule has 0 bridgehead atoms. The van der Waals surface area contributed by atoms with E-state index in [4.69, 9.17) is 4.74 Å².